The zero-order valence-corrected chi connectivity index (χ0v) is 15.5. The lowest BCUT2D eigenvalue weighted by molar-refractivity contribution is -0.548. The van der Waals surface area contributed by atoms with E-state index in [2.05, 4.69) is 4.99 Å². The zero-order valence-electron chi connectivity index (χ0n) is 14.7. The molecule has 0 aromatic heterocycles. The normalized spacial score (nSPS) is 19.8. The number of carboxylic acid groups (broad SMARTS) is 1. The standard InChI is InChI=1S/C17H18N4O4S/c1-10-6-4-5-7-11(10)8-21-13-14(18-16(21)26-9-12(22)23)19(2)17(25)20(3)15(13)24/h4-7,13H,8-9H2,1-3H3/p+1. The minimum Gasteiger partial charge on any atom is -0.481 e. The van der Waals surface area contributed by atoms with Crippen molar-refractivity contribution in [3.8, 4) is 0 Å². The third kappa shape index (κ3) is 3.10. The average molecular weight is 375 g/mol. The van der Waals surface area contributed by atoms with Gasteiger partial charge in [-0.1, -0.05) is 24.3 Å². The molecule has 9 heteroatoms. The molecule has 0 saturated carbocycles. The van der Waals surface area contributed by atoms with Crippen LogP contribution in [0.3, 0.4) is 0 Å². The Balaban J connectivity index is 2.02. The molecule has 0 radical (unpaired) electrons. The van der Waals surface area contributed by atoms with E-state index < -0.39 is 18.0 Å². The maximum atomic E-state index is 12.7. The van der Waals surface area contributed by atoms with E-state index in [4.69, 9.17) is 5.11 Å². The Hall–Kier alpha value is -2.68. The number of imide groups is 1. The minimum absolute atomic E-state index is 0.176. The molecule has 3 amide bonds. The molecule has 1 N–H and O–H groups in total. The van der Waals surface area contributed by atoms with Crippen LogP contribution in [0.15, 0.2) is 29.3 Å². The van der Waals surface area contributed by atoms with Crippen LogP contribution in [0.4, 0.5) is 4.79 Å². The van der Waals surface area contributed by atoms with Gasteiger partial charge < -0.3 is 5.11 Å². The van der Waals surface area contributed by atoms with Gasteiger partial charge in [0.2, 0.25) is 0 Å². The molecule has 0 bridgehead atoms. The molecule has 1 atom stereocenters. The van der Waals surface area contributed by atoms with Crippen LogP contribution in [0.25, 0.3) is 0 Å². The first-order chi connectivity index (χ1) is 12.3. The second kappa shape index (κ2) is 6.91. The van der Waals surface area contributed by atoms with Gasteiger partial charge in [0.1, 0.15) is 12.3 Å². The van der Waals surface area contributed by atoms with Gasteiger partial charge in [0, 0.05) is 14.1 Å². The van der Waals surface area contributed by atoms with E-state index in [1.165, 1.54) is 11.9 Å². The van der Waals surface area contributed by atoms with Gasteiger partial charge in [0.25, 0.3) is 17.8 Å². The number of carbonyl (C=O) groups excluding carboxylic acids is 2. The number of carbonyl (C=O) groups is 3. The van der Waals surface area contributed by atoms with Crippen molar-refractivity contribution in [3.63, 3.8) is 0 Å². The molecular formula is C17H19N4O4S+. The van der Waals surface area contributed by atoms with Gasteiger partial charge in [-0.25, -0.2) is 9.37 Å². The van der Waals surface area contributed by atoms with Crippen LogP contribution in [0, 0.1) is 6.92 Å². The molecule has 1 saturated heterocycles. The lowest BCUT2D eigenvalue weighted by atomic mass is 10.1. The number of rotatable bonds is 4. The molecule has 2 aliphatic rings. The highest BCUT2D eigenvalue weighted by Gasteiger charge is 2.53. The number of aryl methyl sites for hydroxylation is 1. The Morgan fingerprint density at radius 2 is 1.96 bits per heavy atom. The first-order valence-electron chi connectivity index (χ1n) is 7.97. The van der Waals surface area contributed by atoms with Crippen molar-refractivity contribution in [3.05, 3.63) is 35.4 Å². The molecule has 1 unspecified atom stereocenters. The Bertz CT molecular complexity index is 864. The fraction of sp³-hybridized carbons (Fsp3) is 0.353. The Kier molecular flexibility index (Phi) is 4.82. The highest BCUT2D eigenvalue weighted by molar-refractivity contribution is 8.14. The zero-order chi connectivity index (χ0) is 19.0. The van der Waals surface area contributed by atoms with Crippen molar-refractivity contribution < 1.29 is 24.1 Å². The maximum absolute atomic E-state index is 12.7. The molecule has 1 fully saturated rings. The van der Waals surface area contributed by atoms with Gasteiger partial charge in [-0.3, -0.25) is 19.4 Å². The van der Waals surface area contributed by atoms with E-state index >= 15 is 0 Å². The van der Waals surface area contributed by atoms with Crippen molar-refractivity contribution in [1.29, 1.82) is 0 Å². The third-order valence-electron chi connectivity index (χ3n) is 4.42. The van der Waals surface area contributed by atoms with Crippen LogP contribution in [0.2, 0.25) is 0 Å². The van der Waals surface area contributed by atoms with E-state index in [0.717, 1.165) is 27.8 Å². The molecule has 2 aliphatic heterocycles. The summed E-state index contributed by atoms with van der Waals surface area (Å²) in [7, 11) is 3.00. The second-order valence-electron chi connectivity index (χ2n) is 6.13. The maximum Gasteiger partial charge on any atom is 0.358 e. The summed E-state index contributed by atoms with van der Waals surface area (Å²) in [5.74, 6) is -1.18. The van der Waals surface area contributed by atoms with Crippen molar-refractivity contribution in [2.45, 2.75) is 19.5 Å². The molecule has 26 heavy (non-hydrogen) atoms. The molecule has 0 aliphatic carbocycles. The summed E-state index contributed by atoms with van der Waals surface area (Å²) in [4.78, 5) is 42.8. The van der Waals surface area contributed by atoms with Gasteiger partial charge in [-0.05, 0) is 34.8 Å². The molecule has 1 aromatic carbocycles. The molecule has 3 rings (SSSR count). The summed E-state index contributed by atoms with van der Waals surface area (Å²) >= 11 is 1.04. The number of benzene rings is 1. The van der Waals surface area contributed by atoms with Gasteiger partial charge in [-0.2, -0.15) is 0 Å². The number of nitrogens with zero attached hydrogens (tertiary/aromatic N) is 4. The van der Waals surface area contributed by atoms with E-state index in [-0.39, 0.29) is 11.7 Å². The molecule has 0 spiro atoms. The molecule has 2 heterocycles. The lowest BCUT2D eigenvalue weighted by Crippen LogP contribution is -2.61. The number of hydrogen-bond donors (Lipinski definition) is 1. The number of aliphatic carboxylic acids is 1. The fourth-order valence-electron chi connectivity index (χ4n) is 2.95. The molecule has 136 valence electrons. The molecule has 1 aromatic rings. The Labute approximate surface area is 154 Å². The number of urea groups is 1. The Morgan fingerprint density at radius 1 is 1.27 bits per heavy atom. The van der Waals surface area contributed by atoms with Crippen LogP contribution >= 0.6 is 11.8 Å². The quantitative estimate of drug-likeness (QED) is 0.792. The average Bonchev–Trinajstić information content (AvgIpc) is 2.97. The van der Waals surface area contributed by atoms with Gasteiger partial charge >= 0.3 is 17.2 Å². The number of aliphatic imine (C=N–C) groups is 1. The summed E-state index contributed by atoms with van der Waals surface area (Å²) < 4.78 is 1.77. The summed E-state index contributed by atoms with van der Waals surface area (Å²) in [6, 6.07) is 6.58. The first kappa shape index (κ1) is 18.1. The van der Waals surface area contributed by atoms with Gasteiger partial charge in [0.15, 0.2) is 0 Å². The fourth-order valence-corrected chi connectivity index (χ4v) is 3.69. The monoisotopic (exact) mass is 375 g/mol. The van der Waals surface area contributed by atoms with Crippen LogP contribution in [0.1, 0.15) is 11.1 Å². The predicted octanol–water partition coefficient (Wildman–Crippen LogP) is 0.986. The van der Waals surface area contributed by atoms with E-state index in [9.17, 15) is 14.4 Å². The van der Waals surface area contributed by atoms with Crippen LogP contribution in [0.5, 0.6) is 0 Å². The summed E-state index contributed by atoms with van der Waals surface area (Å²) in [6.45, 7) is 2.37. The summed E-state index contributed by atoms with van der Waals surface area (Å²) in [6.07, 6.45) is 0. The van der Waals surface area contributed by atoms with Crippen LogP contribution < -0.4 is 0 Å². The van der Waals surface area contributed by atoms with Gasteiger partial charge in [0.05, 0.1) is 0 Å². The lowest BCUT2D eigenvalue weighted by Gasteiger charge is -2.30. The molecule has 8 nitrogen and oxygen atoms in total. The van der Waals surface area contributed by atoms with Crippen molar-refractivity contribution >= 4 is 40.7 Å². The smallest absolute Gasteiger partial charge is 0.358 e. The second-order valence-corrected chi connectivity index (χ2v) is 7.07. The number of carboxylic acids is 1. The number of fused-ring (bicyclic) bond motifs is 1. The van der Waals surface area contributed by atoms with E-state index in [1.807, 2.05) is 31.2 Å². The topological polar surface area (TPSA) is 93.3 Å². The van der Waals surface area contributed by atoms with Crippen LogP contribution in [-0.4, -0.2) is 74.3 Å². The largest absolute Gasteiger partial charge is 0.481 e. The predicted molar refractivity (Wildman–Crippen MR) is 97.4 cm³/mol. The third-order valence-corrected chi connectivity index (χ3v) is 5.40. The first-order valence-corrected chi connectivity index (χ1v) is 8.96. The summed E-state index contributed by atoms with van der Waals surface area (Å²) in [5.41, 5.74) is 2.07. The van der Waals surface area contributed by atoms with E-state index in [1.54, 1.807) is 11.6 Å². The van der Waals surface area contributed by atoms with Gasteiger partial charge in [-0.15, -0.1) is 0 Å². The number of amides is 3. The number of hydrogen-bond acceptors (Lipinski definition) is 5. The number of amidine groups is 2. The number of thioether (sulfide) groups is 1. The van der Waals surface area contributed by atoms with E-state index in [0.29, 0.717) is 17.5 Å². The van der Waals surface area contributed by atoms with Crippen molar-refractivity contribution in [2.24, 2.45) is 4.99 Å². The van der Waals surface area contributed by atoms with Crippen LogP contribution in [-0.2, 0) is 16.1 Å². The number of likely N-dealkylation sites (N-methyl/N-ethyl adjacent to an activating group) is 2. The minimum atomic E-state index is -0.971. The molecular weight excluding hydrogens is 356 g/mol. The highest BCUT2D eigenvalue weighted by Crippen LogP contribution is 2.24. The Morgan fingerprint density at radius 3 is 2.62 bits per heavy atom. The van der Waals surface area contributed by atoms with Crippen molar-refractivity contribution in [2.75, 3.05) is 19.8 Å². The SMILES string of the molecule is Cc1ccccc1C[N+]1=C(SCC(=O)O)N=C2C1C(=O)N(C)C(=O)N2C. The highest BCUT2D eigenvalue weighted by atomic mass is 32.2. The van der Waals surface area contributed by atoms with Crippen molar-refractivity contribution in [1.82, 2.24) is 9.80 Å². The summed E-state index contributed by atoms with van der Waals surface area (Å²) in [5, 5.41) is 9.43.